The monoisotopic (exact) mass is 1040 g/mol. The first-order chi connectivity index (χ1) is 13.1. The van der Waals surface area contributed by atoms with Crippen LogP contribution in [0.4, 0.5) is 0 Å². The van der Waals surface area contributed by atoms with E-state index >= 15 is 0 Å². The van der Waals surface area contributed by atoms with Gasteiger partial charge in [0.15, 0.2) is 0 Å². The molecule has 3 aliphatic carbocycles. The van der Waals surface area contributed by atoms with E-state index in [1.807, 2.05) is 0 Å². The molecular weight excluding hydrogens is 995 g/mol. The fourth-order valence-electron chi connectivity index (χ4n) is 3.39. The molecule has 6 atom stereocenters. The second-order valence-electron chi connectivity index (χ2n) is 7.75. The molecule has 0 aliphatic heterocycles. The van der Waals surface area contributed by atoms with Crippen molar-refractivity contribution in [2.24, 2.45) is 0 Å². The first-order valence-electron chi connectivity index (χ1n) is 10.3. The van der Waals surface area contributed by atoms with Gasteiger partial charge in [-0.2, -0.15) is 36.3 Å². The molecule has 3 saturated carbocycles. The molecule has 0 amide bonds. The maximum atomic E-state index is 8.47. The molecule has 34 heavy (non-hydrogen) atoms. The van der Waals surface area contributed by atoms with E-state index in [4.69, 9.17) is 49.7 Å². The van der Waals surface area contributed by atoms with Crippen molar-refractivity contribution in [1.82, 2.24) is 0 Å². The molecule has 0 saturated heterocycles. The molecule has 3 aliphatic rings. The van der Waals surface area contributed by atoms with E-state index in [0.29, 0.717) is 0 Å². The number of hydrogen-bond acceptors (Lipinski definition) is 4. The Morgan fingerprint density at radius 3 is 0.588 bits per heavy atom. The van der Waals surface area contributed by atoms with Crippen molar-refractivity contribution in [3.05, 3.63) is 39.3 Å². The fourth-order valence-corrected chi connectivity index (χ4v) is 3.39. The topological polar surface area (TPSA) is 293 Å². The number of rotatable bonds is 0. The van der Waals surface area contributed by atoms with E-state index in [0.717, 1.165) is 38.5 Å². The number of hydrogen-bond donors (Lipinski definition) is 2. The summed E-state index contributed by atoms with van der Waals surface area (Å²) in [4.78, 5) is 8.47. The van der Waals surface area contributed by atoms with Crippen LogP contribution in [0.3, 0.4) is 0 Å². The Labute approximate surface area is 246 Å². The Kier molecular flexibility index (Phi) is 48.4. The molecule has 3 rings (SSSR count). The molecule has 0 bridgehead atoms. The van der Waals surface area contributed by atoms with E-state index in [9.17, 15) is 0 Å². The zero-order valence-electron chi connectivity index (χ0n) is 19.0. The van der Waals surface area contributed by atoms with E-state index in [1.54, 1.807) is 0 Å². The van der Waals surface area contributed by atoms with Gasteiger partial charge in [0.05, 0.1) is 0 Å². The zero-order chi connectivity index (χ0) is 21.5. The van der Waals surface area contributed by atoms with Crippen molar-refractivity contribution in [3.8, 4) is 0 Å². The molecule has 0 heterocycles. The Hall–Kier alpha value is 0.905. The Morgan fingerprint density at radius 1 is 0.441 bits per heavy atom. The summed E-state index contributed by atoms with van der Waals surface area (Å²) in [6.07, 6.45) is 12.7. The largest absolute Gasteiger partial charge is 4.00 e. The molecular formula is C18H41N7O6Pt3+4. The predicted octanol–water partition coefficient (Wildman–Crippen LogP) is 6.21. The zero-order valence-corrected chi connectivity index (χ0v) is 25.8. The van der Waals surface area contributed by atoms with Crippen molar-refractivity contribution >= 4 is 0 Å². The molecule has 3 fully saturated rings. The number of nitrogens with one attached hydrogen (secondary N) is 6. The molecule has 210 valence electrons. The minimum absolute atomic E-state index is 0. The molecule has 6 unspecified atom stereocenters. The first kappa shape index (κ1) is 51.5. The maximum absolute atomic E-state index is 8.47. The van der Waals surface area contributed by atoms with Crippen LogP contribution in [0.25, 0.3) is 34.4 Å². The van der Waals surface area contributed by atoms with Crippen LogP contribution in [0.15, 0.2) is 0 Å². The van der Waals surface area contributed by atoms with Gasteiger partial charge < -0.3 is 50.8 Å². The van der Waals surface area contributed by atoms with Gasteiger partial charge in [0, 0.05) is 0 Å². The molecule has 0 aromatic carbocycles. The normalized spacial score (nSPS) is 28.8. The van der Waals surface area contributed by atoms with Gasteiger partial charge in [0.2, 0.25) is 0 Å². The van der Waals surface area contributed by atoms with Gasteiger partial charge in [-0.05, 0) is 0 Å². The summed E-state index contributed by atoms with van der Waals surface area (Å²) < 4.78 is 0. The van der Waals surface area contributed by atoms with Crippen molar-refractivity contribution in [2.45, 2.75) is 113 Å². The second kappa shape index (κ2) is 31.9. The molecule has 0 aromatic rings. The average molecular weight is 1040 g/mol. The van der Waals surface area contributed by atoms with Crippen molar-refractivity contribution in [3.63, 3.8) is 0 Å². The minimum Gasteiger partial charge on any atom is -0.870 e. The van der Waals surface area contributed by atoms with E-state index < -0.39 is 5.09 Å². The standard InChI is InChI=1S/3C6H12N2.H2NO3.3H2O.3Pt/c3*7-5-3-1-2-4-6(5)8;2-1(3)4;;;;;;/h3*5-8H,1-4H2;(H2,2,3,4);3*1H2;;;/q3*-2;+1;;;;3*+4/p-3. The maximum Gasteiger partial charge on any atom is 4.00 e. The van der Waals surface area contributed by atoms with E-state index in [2.05, 4.69) is 0 Å². The van der Waals surface area contributed by atoms with Crippen molar-refractivity contribution < 1.29 is 95.1 Å². The molecule has 13 nitrogen and oxygen atoms in total. The van der Waals surface area contributed by atoms with Gasteiger partial charge in [-0.25, -0.2) is 10.4 Å². The third-order valence-electron chi connectivity index (χ3n) is 5.30. The Morgan fingerprint density at radius 2 is 0.529 bits per heavy atom. The summed E-state index contributed by atoms with van der Waals surface area (Å²) in [5, 5.41) is 12.5. The summed E-state index contributed by atoms with van der Waals surface area (Å²) >= 11 is 0. The molecule has 0 radical (unpaired) electrons. The third kappa shape index (κ3) is 29.1. The van der Waals surface area contributed by atoms with Crippen LogP contribution in [0.1, 0.15) is 77.0 Å². The fraction of sp³-hybridized carbons (Fsp3) is 1.00. The van der Waals surface area contributed by atoms with Gasteiger partial charge >= 0.3 is 68.3 Å². The Balaban J connectivity index is -0.0000000552. The average Bonchev–Trinajstić information content (AvgIpc) is 2.63. The summed E-state index contributed by atoms with van der Waals surface area (Å²) in [5.74, 6) is 0. The minimum atomic E-state index is -1.25. The van der Waals surface area contributed by atoms with Crippen LogP contribution in [-0.2, 0) is 63.2 Å². The first-order valence-corrected chi connectivity index (χ1v) is 10.3. The van der Waals surface area contributed by atoms with Gasteiger partial charge in [-0.3, -0.25) is 0 Å². The van der Waals surface area contributed by atoms with Gasteiger partial charge in [0.25, 0.3) is 0 Å². The second-order valence-corrected chi connectivity index (χ2v) is 7.75. The molecule has 0 spiro atoms. The summed E-state index contributed by atoms with van der Waals surface area (Å²) in [6.45, 7) is 0. The number of nitrogens with zero attached hydrogens (tertiary/aromatic N) is 1. The van der Waals surface area contributed by atoms with E-state index in [-0.39, 0.29) is 116 Å². The molecule has 11 N–H and O–H groups in total. The molecule has 16 heteroatoms. The molecule has 0 aromatic heterocycles. The van der Waals surface area contributed by atoms with Crippen molar-refractivity contribution in [2.75, 3.05) is 0 Å². The predicted molar refractivity (Wildman–Crippen MR) is 117 cm³/mol. The smallest absolute Gasteiger partial charge is 0.870 e. The van der Waals surface area contributed by atoms with Crippen LogP contribution in [-0.4, -0.2) is 68.2 Å². The van der Waals surface area contributed by atoms with Crippen molar-refractivity contribution in [1.29, 1.82) is 0 Å². The summed E-state index contributed by atoms with van der Waals surface area (Å²) in [7, 11) is 0. The third-order valence-corrected chi connectivity index (χ3v) is 5.30. The van der Waals surface area contributed by atoms with E-state index in [1.165, 1.54) is 38.5 Å². The van der Waals surface area contributed by atoms with Crippen LogP contribution in [0.2, 0.25) is 0 Å². The van der Waals surface area contributed by atoms with Gasteiger partial charge in [0.1, 0.15) is 4.91 Å². The van der Waals surface area contributed by atoms with Gasteiger partial charge in [-0.15, -0.1) is 0 Å². The SMILES string of the molecule is O=[N+](O)O.[NH-]C1CCCCC1[NH-].[NH-]C1CCCCC1[NH-].[NH-]C1CCCCC1[NH-].[OH-].[OH-].[OH-].[Pt+4].[Pt+4].[Pt+4]. The van der Waals surface area contributed by atoms with Gasteiger partial charge in [-0.1, -0.05) is 77.0 Å². The summed E-state index contributed by atoms with van der Waals surface area (Å²) in [5.41, 5.74) is 43.7. The van der Waals surface area contributed by atoms with Crippen LogP contribution in [0.5, 0.6) is 0 Å². The van der Waals surface area contributed by atoms with Crippen LogP contribution >= 0.6 is 0 Å². The summed E-state index contributed by atoms with van der Waals surface area (Å²) in [6, 6.07) is -0.479. The van der Waals surface area contributed by atoms with Crippen LogP contribution < -0.4 is 0 Å². The van der Waals surface area contributed by atoms with Crippen LogP contribution in [0, 0.1) is 4.91 Å². The Bertz CT molecular complexity index is 345. The quantitative estimate of drug-likeness (QED) is 0.266.